The van der Waals surface area contributed by atoms with Gasteiger partial charge in [-0.15, -0.1) is 0 Å². The van der Waals surface area contributed by atoms with Gasteiger partial charge < -0.3 is 14.8 Å². The molecule has 1 fully saturated rings. The molecule has 1 aliphatic rings. The summed E-state index contributed by atoms with van der Waals surface area (Å²) in [5.74, 6) is 0.551. The summed E-state index contributed by atoms with van der Waals surface area (Å²) >= 11 is 0. The molecule has 1 saturated carbocycles. The maximum Gasteiger partial charge on any atom is 0.270 e. The summed E-state index contributed by atoms with van der Waals surface area (Å²) in [4.78, 5) is 17.7. The van der Waals surface area contributed by atoms with Crippen molar-refractivity contribution in [2.45, 2.75) is 37.8 Å². The molecule has 31 heavy (non-hydrogen) atoms. The van der Waals surface area contributed by atoms with Gasteiger partial charge >= 0.3 is 0 Å². The minimum absolute atomic E-state index is 0.133. The Balaban J connectivity index is 1.47. The number of hydrogen-bond donors (Lipinski definition) is 1. The van der Waals surface area contributed by atoms with Gasteiger partial charge in [-0.3, -0.25) is 14.2 Å². The molecule has 0 radical (unpaired) electrons. The number of pyridine rings is 1. The Hall–Kier alpha value is -2.91. The second-order valence-electron chi connectivity index (χ2n) is 8.03. The Kier molecular flexibility index (Phi) is 6.53. The van der Waals surface area contributed by atoms with E-state index in [2.05, 4.69) is 15.4 Å². The Bertz CT molecular complexity index is 1010. The van der Waals surface area contributed by atoms with Crippen LogP contribution in [0, 0.1) is 0 Å². The van der Waals surface area contributed by atoms with E-state index in [0.717, 1.165) is 36.8 Å². The molecule has 0 unspecified atom stereocenters. The Labute approximate surface area is 181 Å². The lowest BCUT2D eigenvalue weighted by Crippen LogP contribution is -2.39. The van der Waals surface area contributed by atoms with Crippen molar-refractivity contribution in [3.05, 3.63) is 42.6 Å². The lowest BCUT2D eigenvalue weighted by Gasteiger charge is -2.29. The lowest BCUT2D eigenvalue weighted by atomic mass is 9.93. The molecular formula is C22H30N6O3. The van der Waals surface area contributed by atoms with Crippen LogP contribution in [0.5, 0.6) is 0 Å². The number of aromatic nitrogens is 5. The van der Waals surface area contributed by atoms with Crippen molar-refractivity contribution in [3.8, 4) is 16.9 Å². The molecular weight excluding hydrogens is 396 g/mol. The van der Waals surface area contributed by atoms with Crippen LogP contribution in [0.3, 0.4) is 0 Å². The summed E-state index contributed by atoms with van der Waals surface area (Å²) in [6.45, 7) is 1.23. The van der Waals surface area contributed by atoms with E-state index in [-0.39, 0.29) is 18.1 Å². The van der Waals surface area contributed by atoms with Crippen LogP contribution in [0.4, 0.5) is 0 Å². The van der Waals surface area contributed by atoms with Crippen molar-refractivity contribution in [2.75, 3.05) is 20.3 Å². The van der Waals surface area contributed by atoms with Gasteiger partial charge in [-0.1, -0.05) is 0 Å². The molecule has 1 amide bonds. The van der Waals surface area contributed by atoms with E-state index < -0.39 is 0 Å². The Morgan fingerprint density at radius 1 is 1.13 bits per heavy atom. The molecule has 0 bridgehead atoms. The number of ether oxygens (including phenoxy) is 2. The van der Waals surface area contributed by atoms with Gasteiger partial charge in [0, 0.05) is 51.4 Å². The van der Waals surface area contributed by atoms with E-state index in [9.17, 15) is 4.79 Å². The second kappa shape index (κ2) is 9.49. The number of nitrogens with one attached hydrogen (secondary N) is 1. The van der Waals surface area contributed by atoms with E-state index >= 15 is 0 Å². The number of hydrogen-bond acceptors (Lipinski definition) is 5. The highest BCUT2D eigenvalue weighted by atomic mass is 16.5. The molecule has 0 aliphatic heterocycles. The number of rotatable bonds is 8. The maximum absolute atomic E-state index is 13.1. The van der Waals surface area contributed by atoms with Gasteiger partial charge in [0.05, 0.1) is 25.5 Å². The van der Waals surface area contributed by atoms with E-state index in [1.807, 2.05) is 54.2 Å². The fourth-order valence-corrected chi connectivity index (χ4v) is 3.92. The third-order valence-corrected chi connectivity index (χ3v) is 5.73. The third-order valence-electron chi connectivity index (χ3n) is 5.73. The first-order valence-corrected chi connectivity index (χ1v) is 10.7. The van der Waals surface area contributed by atoms with Crippen LogP contribution in [-0.4, -0.2) is 62.5 Å². The molecule has 0 saturated heterocycles. The molecule has 0 atom stereocenters. The van der Waals surface area contributed by atoms with Crippen LogP contribution in [0.2, 0.25) is 0 Å². The molecule has 4 rings (SSSR count). The highest BCUT2D eigenvalue weighted by Crippen LogP contribution is 2.24. The molecule has 9 heteroatoms. The second-order valence-corrected chi connectivity index (χ2v) is 8.03. The minimum Gasteiger partial charge on any atom is -0.382 e. The van der Waals surface area contributed by atoms with E-state index in [1.54, 1.807) is 18.0 Å². The lowest BCUT2D eigenvalue weighted by molar-refractivity contribution is -0.00409. The third kappa shape index (κ3) is 5.05. The van der Waals surface area contributed by atoms with Crippen molar-refractivity contribution < 1.29 is 14.3 Å². The van der Waals surface area contributed by atoms with Crippen molar-refractivity contribution in [2.24, 2.45) is 14.1 Å². The van der Waals surface area contributed by atoms with Crippen molar-refractivity contribution >= 4 is 5.91 Å². The van der Waals surface area contributed by atoms with Crippen LogP contribution in [0.15, 0.2) is 36.9 Å². The van der Waals surface area contributed by atoms with Crippen molar-refractivity contribution in [1.29, 1.82) is 0 Å². The van der Waals surface area contributed by atoms with Gasteiger partial charge in [0.1, 0.15) is 5.69 Å². The highest BCUT2D eigenvalue weighted by Gasteiger charge is 2.24. The van der Waals surface area contributed by atoms with Crippen molar-refractivity contribution in [3.63, 3.8) is 0 Å². The first-order valence-electron chi connectivity index (χ1n) is 10.7. The molecule has 3 aromatic heterocycles. The quantitative estimate of drug-likeness (QED) is 0.559. The van der Waals surface area contributed by atoms with Gasteiger partial charge in [0.25, 0.3) is 5.91 Å². The van der Waals surface area contributed by atoms with Gasteiger partial charge in [-0.05, 0) is 43.4 Å². The molecule has 1 aliphatic carbocycles. The smallest absolute Gasteiger partial charge is 0.270 e. The summed E-state index contributed by atoms with van der Waals surface area (Å²) < 4.78 is 16.4. The monoisotopic (exact) mass is 426 g/mol. The van der Waals surface area contributed by atoms with E-state index in [0.29, 0.717) is 24.7 Å². The first kappa shape index (κ1) is 21.3. The number of carbonyl (C=O) groups is 1. The zero-order chi connectivity index (χ0) is 21.8. The predicted octanol–water partition coefficient (Wildman–Crippen LogP) is 2.32. The summed E-state index contributed by atoms with van der Waals surface area (Å²) in [6, 6.07) is 3.93. The molecule has 3 heterocycles. The topological polar surface area (TPSA) is 88.1 Å². The summed E-state index contributed by atoms with van der Waals surface area (Å²) in [5.41, 5.74) is 2.26. The number of aryl methyl sites for hydroxylation is 2. The normalized spacial score (nSPS) is 18.9. The molecule has 1 N–H and O–H groups in total. The molecule has 9 nitrogen and oxygen atoms in total. The van der Waals surface area contributed by atoms with Crippen LogP contribution in [0.25, 0.3) is 16.9 Å². The van der Waals surface area contributed by atoms with Crippen LogP contribution >= 0.6 is 0 Å². The SMILES string of the molecule is COCCOC1CCC(NC(=O)c2cc(-c3cnn(C)c3)cc(-n3ccn3C)n2)CC1. The van der Waals surface area contributed by atoms with Gasteiger partial charge in [-0.25, -0.2) is 9.67 Å². The largest absolute Gasteiger partial charge is 0.382 e. The van der Waals surface area contributed by atoms with Gasteiger partial charge in [0.15, 0.2) is 5.82 Å². The fourth-order valence-electron chi connectivity index (χ4n) is 3.92. The molecule has 3 aromatic rings. The zero-order valence-corrected chi connectivity index (χ0v) is 18.3. The van der Waals surface area contributed by atoms with Gasteiger partial charge in [0.2, 0.25) is 0 Å². The minimum atomic E-state index is -0.150. The van der Waals surface area contributed by atoms with E-state index in [4.69, 9.17) is 9.47 Å². The first-order chi connectivity index (χ1) is 15.0. The zero-order valence-electron chi connectivity index (χ0n) is 18.3. The molecule has 0 aromatic carbocycles. The Morgan fingerprint density at radius 3 is 2.55 bits per heavy atom. The Morgan fingerprint density at radius 2 is 1.94 bits per heavy atom. The predicted molar refractivity (Wildman–Crippen MR) is 116 cm³/mol. The molecule has 166 valence electrons. The van der Waals surface area contributed by atoms with Gasteiger partial charge in [-0.2, -0.15) is 5.10 Å². The summed E-state index contributed by atoms with van der Waals surface area (Å²) in [7, 11) is 5.49. The number of nitrogens with zero attached hydrogens (tertiary/aromatic N) is 5. The average molecular weight is 427 g/mol. The number of amides is 1. The van der Waals surface area contributed by atoms with Crippen LogP contribution < -0.4 is 5.32 Å². The van der Waals surface area contributed by atoms with Crippen molar-refractivity contribution in [1.82, 2.24) is 29.4 Å². The number of carbonyl (C=O) groups excluding carboxylic acids is 1. The van der Waals surface area contributed by atoms with E-state index in [1.165, 1.54) is 0 Å². The van der Waals surface area contributed by atoms with Crippen LogP contribution in [0.1, 0.15) is 36.2 Å². The number of methoxy groups -OCH3 is 1. The highest BCUT2D eigenvalue weighted by molar-refractivity contribution is 5.94. The summed E-state index contributed by atoms with van der Waals surface area (Å²) in [6.07, 6.45) is 11.5. The maximum atomic E-state index is 13.1. The fraction of sp³-hybridized carbons (Fsp3) is 0.500. The standard InChI is InChI=1S/C22H30N6O3/c1-26-15-17(14-23-26)16-12-20(25-21(13-16)28-9-8-27(28)2)22(29)24-18-4-6-19(7-5-18)31-11-10-30-3/h8-9,12-15,18-19H,4-7,10-11H2,1-3H3,(H,24,29). The molecule has 0 spiro atoms. The summed E-state index contributed by atoms with van der Waals surface area (Å²) in [5, 5.41) is 7.42. The van der Waals surface area contributed by atoms with Crippen LogP contribution in [-0.2, 0) is 23.6 Å². The average Bonchev–Trinajstić information content (AvgIpc) is 3.20.